The summed E-state index contributed by atoms with van der Waals surface area (Å²) < 4.78 is 0. The number of nitrogens with one attached hydrogen (secondary N) is 1. The average molecular weight is 227 g/mol. The Bertz CT molecular complexity index is 167. The minimum atomic E-state index is 0. The SMILES string of the molecule is [CH2-]NC12CC3CC(CC(C3)C1)C2.[CH3-].[Ti+2]. The van der Waals surface area contributed by atoms with E-state index in [-0.39, 0.29) is 29.1 Å². The van der Waals surface area contributed by atoms with Crippen molar-refractivity contribution in [2.75, 3.05) is 0 Å². The van der Waals surface area contributed by atoms with Gasteiger partial charge < -0.3 is 12.7 Å². The maximum Gasteiger partial charge on any atom is 2.00 e. The Kier molecular flexibility index (Phi) is 3.89. The molecule has 0 amide bonds. The van der Waals surface area contributed by atoms with Gasteiger partial charge in [-0.3, -0.25) is 7.05 Å². The fourth-order valence-electron chi connectivity index (χ4n) is 4.33. The van der Waals surface area contributed by atoms with Gasteiger partial charge in [-0.1, -0.05) is 0 Å². The Balaban J connectivity index is 0.000000490. The molecule has 14 heavy (non-hydrogen) atoms. The first-order chi connectivity index (χ1) is 5.80. The summed E-state index contributed by atoms with van der Waals surface area (Å²) >= 11 is 0. The van der Waals surface area contributed by atoms with Crippen LogP contribution in [0.1, 0.15) is 38.5 Å². The molecule has 4 fully saturated rings. The molecule has 0 saturated heterocycles. The Morgan fingerprint density at radius 1 is 0.929 bits per heavy atom. The molecule has 0 spiro atoms. The molecular formula is C12H21NTi. The van der Waals surface area contributed by atoms with Gasteiger partial charge in [-0.15, -0.1) is 0 Å². The van der Waals surface area contributed by atoms with E-state index in [9.17, 15) is 0 Å². The fourth-order valence-corrected chi connectivity index (χ4v) is 4.33. The molecule has 0 atom stereocenters. The topological polar surface area (TPSA) is 12.0 Å². The van der Waals surface area contributed by atoms with Gasteiger partial charge in [0.25, 0.3) is 0 Å². The van der Waals surface area contributed by atoms with E-state index < -0.39 is 0 Å². The van der Waals surface area contributed by atoms with E-state index >= 15 is 0 Å². The van der Waals surface area contributed by atoms with Crippen LogP contribution >= 0.6 is 0 Å². The molecular weight excluding hydrogens is 206 g/mol. The Morgan fingerprint density at radius 2 is 1.29 bits per heavy atom. The zero-order chi connectivity index (χ0) is 8.18. The zero-order valence-electron chi connectivity index (χ0n) is 9.18. The molecule has 0 aromatic carbocycles. The van der Waals surface area contributed by atoms with Crippen molar-refractivity contribution >= 4 is 0 Å². The van der Waals surface area contributed by atoms with E-state index in [1.165, 1.54) is 38.5 Å². The van der Waals surface area contributed by atoms with Crippen molar-refractivity contribution in [1.82, 2.24) is 5.32 Å². The largest absolute Gasteiger partial charge is 2.00 e. The number of rotatable bonds is 1. The van der Waals surface area contributed by atoms with Gasteiger partial charge in [-0.2, -0.15) is 0 Å². The predicted molar refractivity (Wildman–Crippen MR) is 55.8 cm³/mol. The first kappa shape index (κ1) is 12.7. The van der Waals surface area contributed by atoms with Gasteiger partial charge in [-0.05, 0) is 61.8 Å². The monoisotopic (exact) mass is 227 g/mol. The van der Waals surface area contributed by atoms with E-state index in [1.54, 1.807) is 0 Å². The summed E-state index contributed by atoms with van der Waals surface area (Å²) in [6.07, 6.45) is 8.84. The van der Waals surface area contributed by atoms with Crippen molar-refractivity contribution in [3.05, 3.63) is 14.5 Å². The van der Waals surface area contributed by atoms with Gasteiger partial charge in [0.1, 0.15) is 0 Å². The number of hydrogen-bond acceptors (Lipinski definition) is 1. The van der Waals surface area contributed by atoms with Crippen molar-refractivity contribution in [2.45, 2.75) is 44.1 Å². The van der Waals surface area contributed by atoms with Crippen LogP contribution in [0.25, 0.3) is 0 Å². The third kappa shape index (κ3) is 1.84. The molecule has 78 valence electrons. The molecule has 0 aromatic rings. The third-order valence-corrected chi connectivity index (χ3v) is 4.41. The van der Waals surface area contributed by atoms with E-state index in [0.29, 0.717) is 5.54 Å². The first-order valence-corrected chi connectivity index (χ1v) is 5.34. The molecule has 4 aliphatic rings. The van der Waals surface area contributed by atoms with Gasteiger partial charge in [0.2, 0.25) is 0 Å². The van der Waals surface area contributed by atoms with Crippen molar-refractivity contribution in [1.29, 1.82) is 0 Å². The molecule has 0 aliphatic heterocycles. The summed E-state index contributed by atoms with van der Waals surface area (Å²) in [6.45, 7) is 0. The second-order valence-corrected chi connectivity index (χ2v) is 5.37. The summed E-state index contributed by atoms with van der Waals surface area (Å²) in [4.78, 5) is 0. The van der Waals surface area contributed by atoms with E-state index in [4.69, 9.17) is 0 Å². The Morgan fingerprint density at radius 3 is 1.57 bits per heavy atom. The number of hydrogen-bond donors (Lipinski definition) is 1. The molecule has 2 heteroatoms. The maximum atomic E-state index is 3.93. The molecule has 0 aromatic heterocycles. The van der Waals surface area contributed by atoms with Crippen LogP contribution in [-0.2, 0) is 21.7 Å². The van der Waals surface area contributed by atoms with E-state index in [1.807, 2.05) is 0 Å². The molecule has 4 aliphatic carbocycles. The summed E-state index contributed by atoms with van der Waals surface area (Å²) in [7, 11) is 3.93. The summed E-state index contributed by atoms with van der Waals surface area (Å²) in [6, 6.07) is 0. The minimum absolute atomic E-state index is 0. The fraction of sp³-hybridized carbons (Fsp3) is 0.833. The first-order valence-electron chi connectivity index (χ1n) is 5.34. The second kappa shape index (κ2) is 4.27. The van der Waals surface area contributed by atoms with Gasteiger partial charge in [0, 0.05) is 0 Å². The normalized spacial score (nSPS) is 48.2. The Hall–Kier alpha value is 0.674. The van der Waals surface area contributed by atoms with Crippen LogP contribution < -0.4 is 5.32 Å². The smallest absolute Gasteiger partial charge is 0.467 e. The van der Waals surface area contributed by atoms with Gasteiger partial charge in [0.05, 0.1) is 0 Å². The molecule has 0 heterocycles. The van der Waals surface area contributed by atoms with Crippen molar-refractivity contribution in [3.8, 4) is 0 Å². The van der Waals surface area contributed by atoms with Crippen LogP contribution in [0.3, 0.4) is 0 Å². The van der Waals surface area contributed by atoms with Crippen LogP contribution in [0.15, 0.2) is 0 Å². The molecule has 4 saturated carbocycles. The van der Waals surface area contributed by atoms with Crippen LogP contribution in [0.4, 0.5) is 0 Å². The van der Waals surface area contributed by atoms with Gasteiger partial charge >= 0.3 is 21.7 Å². The molecule has 1 nitrogen and oxygen atoms in total. The van der Waals surface area contributed by atoms with Crippen LogP contribution in [-0.4, -0.2) is 5.54 Å². The van der Waals surface area contributed by atoms with E-state index in [2.05, 4.69) is 12.4 Å². The minimum Gasteiger partial charge on any atom is -0.467 e. The molecule has 4 rings (SSSR count). The molecule has 4 bridgehead atoms. The summed E-state index contributed by atoms with van der Waals surface area (Å²) in [5.74, 6) is 3.14. The maximum absolute atomic E-state index is 3.93. The van der Waals surface area contributed by atoms with Crippen molar-refractivity contribution in [3.63, 3.8) is 0 Å². The van der Waals surface area contributed by atoms with Gasteiger partial charge in [-0.25, -0.2) is 0 Å². The quantitative estimate of drug-likeness (QED) is 0.536. The summed E-state index contributed by atoms with van der Waals surface area (Å²) in [5.41, 5.74) is 0.481. The molecule has 0 radical (unpaired) electrons. The second-order valence-electron chi connectivity index (χ2n) is 5.37. The summed E-state index contributed by atoms with van der Waals surface area (Å²) in [5, 5.41) is 3.36. The predicted octanol–water partition coefficient (Wildman–Crippen LogP) is 2.78. The van der Waals surface area contributed by atoms with Crippen LogP contribution in [0.2, 0.25) is 0 Å². The zero-order valence-corrected chi connectivity index (χ0v) is 10.7. The van der Waals surface area contributed by atoms with Crippen LogP contribution in [0.5, 0.6) is 0 Å². The van der Waals surface area contributed by atoms with Crippen LogP contribution in [0, 0.1) is 32.2 Å². The standard InChI is InChI=1S/C11H18N.CH3.Ti/c1-12-11-5-8-2-9(6-11)4-10(3-8)7-11;;/h8-10,12H,1-7H2;1H3;/q2*-1;+2. The Labute approximate surface area is 103 Å². The molecule has 0 unspecified atom stereocenters. The van der Waals surface area contributed by atoms with Gasteiger partial charge in [0.15, 0.2) is 0 Å². The molecule has 1 N–H and O–H groups in total. The third-order valence-electron chi connectivity index (χ3n) is 4.41. The van der Waals surface area contributed by atoms with Crippen molar-refractivity contribution < 1.29 is 21.7 Å². The van der Waals surface area contributed by atoms with Crippen molar-refractivity contribution in [2.24, 2.45) is 17.8 Å². The van der Waals surface area contributed by atoms with E-state index in [0.717, 1.165) is 17.8 Å². The average Bonchev–Trinajstić information content (AvgIpc) is 2.02.